The van der Waals surface area contributed by atoms with Gasteiger partial charge < -0.3 is 10.3 Å². The SMILES string of the molecule is CNCC(=O)c1c(C)[nH]c2cc(C)ccc12. The Kier molecular flexibility index (Phi) is 2.79. The summed E-state index contributed by atoms with van der Waals surface area (Å²) in [6.07, 6.45) is 0. The second-order valence-corrected chi connectivity index (χ2v) is 4.13. The van der Waals surface area contributed by atoms with Gasteiger partial charge in [-0.2, -0.15) is 0 Å². The van der Waals surface area contributed by atoms with Crippen LogP contribution in [-0.4, -0.2) is 24.4 Å². The van der Waals surface area contributed by atoms with E-state index in [4.69, 9.17) is 0 Å². The van der Waals surface area contributed by atoms with Gasteiger partial charge in [-0.15, -0.1) is 0 Å². The minimum absolute atomic E-state index is 0.134. The predicted molar refractivity (Wildman–Crippen MR) is 66.0 cm³/mol. The minimum atomic E-state index is 0.134. The zero-order valence-electron chi connectivity index (χ0n) is 9.85. The van der Waals surface area contributed by atoms with Crippen molar-refractivity contribution in [3.05, 3.63) is 35.0 Å². The summed E-state index contributed by atoms with van der Waals surface area (Å²) in [7, 11) is 1.78. The van der Waals surface area contributed by atoms with Crippen LogP contribution in [0.1, 0.15) is 21.6 Å². The topological polar surface area (TPSA) is 44.9 Å². The number of benzene rings is 1. The molecular weight excluding hydrogens is 200 g/mol. The van der Waals surface area contributed by atoms with Crippen LogP contribution in [0, 0.1) is 13.8 Å². The first-order valence-electron chi connectivity index (χ1n) is 5.40. The van der Waals surface area contributed by atoms with Crippen LogP contribution < -0.4 is 5.32 Å². The average molecular weight is 216 g/mol. The van der Waals surface area contributed by atoms with Gasteiger partial charge in [0.1, 0.15) is 0 Å². The Morgan fingerprint density at radius 1 is 1.38 bits per heavy atom. The first-order valence-corrected chi connectivity index (χ1v) is 5.40. The third-order valence-electron chi connectivity index (χ3n) is 2.76. The van der Waals surface area contributed by atoms with Crippen LogP contribution in [0.15, 0.2) is 18.2 Å². The Hall–Kier alpha value is -1.61. The largest absolute Gasteiger partial charge is 0.358 e. The quantitative estimate of drug-likeness (QED) is 0.772. The fourth-order valence-corrected chi connectivity index (χ4v) is 2.05. The smallest absolute Gasteiger partial charge is 0.179 e. The summed E-state index contributed by atoms with van der Waals surface area (Å²) in [6, 6.07) is 6.11. The van der Waals surface area contributed by atoms with E-state index in [9.17, 15) is 4.79 Å². The highest BCUT2D eigenvalue weighted by molar-refractivity contribution is 6.10. The number of aryl methyl sites for hydroxylation is 2. The average Bonchev–Trinajstić information content (AvgIpc) is 2.53. The highest BCUT2D eigenvalue weighted by Crippen LogP contribution is 2.23. The van der Waals surface area contributed by atoms with E-state index in [-0.39, 0.29) is 5.78 Å². The molecule has 2 N–H and O–H groups in total. The lowest BCUT2D eigenvalue weighted by molar-refractivity contribution is 0.0994. The molecule has 0 bridgehead atoms. The molecule has 0 saturated carbocycles. The lowest BCUT2D eigenvalue weighted by atomic mass is 10.1. The molecule has 0 fully saturated rings. The molecule has 16 heavy (non-hydrogen) atoms. The number of aromatic amines is 1. The molecule has 3 nitrogen and oxygen atoms in total. The summed E-state index contributed by atoms with van der Waals surface area (Å²) < 4.78 is 0. The fraction of sp³-hybridized carbons (Fsp3) is 0.308. The molecule has 2 aromatic rings. The number of rotatable bonds is 3. The van der Waals surface area contributed by atoms with Crippen molar-refractivity contribution in [3.8, 4) is 0 Å². The molecule has 0 amide bonds. The van der Waals surface area contributed by atoms with Gasteiger partial charge in [-0.05, 0) is 32.5 Å². The normalized spacial score (nSPS) is 10.9. The van der Waals surface area contributed by atoms with Crippen molar-refractivity contribution in [2.75, 3.05) is 13.6 Å². The number of carbonyl (C=O) groups is 1. The molecule has 84 valence electrons. The Labute approximate surface area is 94.9 Å². The molecule has 0 aliphatic heterocycles. The number of Topliss-reactive ketones (excluding diaryl/α,β-unsaturated/α-hetero) is 1. The summed E-state index contributed by atoms with van der Waals surface area (Å²) in [5.41, 5.74) is 3.99. The molecule has 1 aromatic heterocycles. The zero-order chi connectivity index (χ0) is 11.7. The Morgan fingerprint density at radius 3 is 2.81 bits per heavy atom. The molecule has 0 spiro atoms. The monoisotopic (exact) mass is 216 g/mol. The molecule has 0 radical (unpaired) electrons. The zero-order valence-corrected chi connectivity index (χ0v) is 9.85. The van der Waals surface area contributed by atoms with Gasteiger partial charge in [-0.3, -0.25) is 4.79 Å². The summed E-state index contributed by atoms with van der Waals surface area (Å²) in [5.74, 6) is 0.134. The van der Waals surface area contributed by atoms with E-state index in [1.807, 2.05) is 26.0 Å². The van der Waals surface area contributed by atoms with Crippen molar-refractivity contribution in [1.82, 2.24) is 10.3 Å². The summed E-state index contributed by atoms with van der Waals surface area (Å²) in [5, 5.41) is 3.91. The number of hydrogen-bond donors (Lipinski definition) is 2. The third-order valence-corrected chi connectivity index (χ3v) is 2.76. The Morgan fingerprint density at radius 2 is 2.12 bits per heavy atom. The lowest BCUT2D eigenvalue weighted by Crippen LogP contribution is -2.18. The Balaban J connectivity index is 2.60. The van der Waals surface area contributed by atoms with Crippen LogP contribution in [0.4, 0.5) is 0 Å². The van der Waals surface area contributed by atoms with E-state index in [2.05, 4.69) is 16.4 Å². The van der Waals surface area contributed by atoms with Crippen LogP contribution in [0.5, 0.6) is 0 Å². The van der Waals surface area contributed by atoms with E-state index in [1.165, 1.54) is 5.56 Å². The molecule has 3 heteroatoms. The van der Waals surface area contributed by atoms with Crippen molar-refractivity contribution in [3.63, 3.8) is 0 Å². The first kappa shape index (κ1) is 10.9. The van der Waals surface area contributed by atoms with E-state index in [1.54, 1.807) is 7.05 Å². The van der Waals surface area contributed by atoms with E-state index >= 15 is 0 Å². The first-order chi connectivity index (χ1) is 7.63. The van der Waals surface area contributed by atoms with Crippen LogP contribution in [0.25, 0.3) is 10.9 Å². The van der Waals surface area contributed by atoms with Gasteiger partial charge >= 0.3 is 0 Å². The molecular formula is C13H16N2O. The van der Waals surface area contributed by atoms with E-state index in [0.29, 0.717) is 6.54 Å². The van der Waals surface area contributed by atoms with E-state index in [0.717, 1.165) is 22.2 Å². The van der Waals surface area contributed by atoms with Crippen LogP contribution in [-0.2, 0) is 0 Å². The summed E-state index contributed by atoms with van der Waals surface area (Å²) >= 11 is 0. The number of ketones is 1. The van der Waals surface area contributed by atoms with Crippen molar-refractivity contribution in [2.24, 2.45) is 0 Å². The molecule has 0 aliphatic rings. The van der Waals surface area contributed by atoms with Crippen LogP contribution in [0.3, 0.4) is 0 Å². The number of nitrogens with one attached hydrogen (secondary N) is 2. The van der Waals surface area contributed by atoms with Gasteiger partial charge in [-0.25, -0.2) is 0 Å². The van der Waals surface area contributed by atoms with E-state index < -0.39 is 0 Å². The minimum Gasteiger partial charge on any atom is -0.358 e. The van der Waals surface area contributed by atoms with Gasteiger partial charge in [0.15, 0.2) is 5.78 Å². The number of aromatic nitrogens is 1. The van der Waals surface area contributed by atoms with Crippen molar-refractivity contribution in [2.45, 2.75) is 13.8 Å². The number of likely N-dealkylation sites (N-methyl/N-ethyl adjacent to an activating group) is 1. The number of fused-ring (bicyclic) bond motifs is 1. The highest BCUT2D eigenvalue weighted by atomic mass is 16.1. The number of hydrogen-bond acceptors (Lipinski definition) is 2. The molecule has 0 aliphatic carbocycles. The molecule has 2 rings (SSSR count). The van der Waals surface area contributed by atoms with Gasteiger partial charge in [0.2, 0.25) is 0 Å². The van der Waals surface area contributed by atoms with Crippen molar-refractivity contribution >= 4 is 16.7 Å². The standard InChI is InChI=1S/C13H16N2O/c1-8-4-5-10-11(6-8)15-9(2)13(10)12(16)7-14-3/h4-6,14-15H,7H2,1-3H3. The number of carbonyl (C=O) groups excluding carboxylic acids is 1. The van der Waals surface area contributed by atoms with Crippen LogP contribution in [0.2, 0.25) is 0 Å². The van der Waals surface area contributed by atoms with Crippen molar-refractivity contribution in [1.29, 1.82) is 0 Å². The lowest BCUT2D eigenvalue weighted by Gasteiger charge is -2.00. The van der Waals surface area contributed by atoms with Gasteiger partial charge in [-0.1, -0.05) is 12.1 Å². The number of H-pyrrole nitrogens is 1. The highest BCUT2D eigenvalue weighted by Gasteiger charge is 2.14. The van der Waals surface area contributed by atoms with Gasteiger partial charge in [0.25, 0.3) is 0 Å². The molecule has 0 unspecified atom stereocenters. The molecule has 0 atom stereocenters. The second kappa shape index (κ2) is 4.10. The maximum absolute atomic E-state index is 11.9. The van der Waals surface area contributed by atoms with Crippen molar-refractivity contribution < 1.29 is 4.79 Å². The van der Waals surface area contributed by atoms with Gasteiger partial charge in [0, 0.05) is 22.2 Å². The maximum atomic E-state index is 11.9. The third kappa shape index (κ3) is 1.74. The van der Waals surface area contributed by atoms with Crippen LogP contribution >= 0.6 is 0 Å². The predicted octanol–water partition coefficient (Wildman–Crippen LogP) is 2.19. The fourth-order valence-electron chi connectivity index (χ4n) is 2.05. The summed E-state index contributed by atoms with van der Waals surface area (Å²) in [6.45, 7) is 4.37. The molecule has 1 heterocycles. The summed E-state index contributed by atoms with van der Waals surface area (Å²) in [4.78, 5) is 15.2. The second-order valence-electron chi connectivity index (χ2n) is 4.13. The maximum Gasteiger partial charge on any atom is 0.179 e. The molecule has 1 aromatic carbocycles. The molecule has 0 saturated heterocycles. The van der Waals surface area contributed by atoms with Gasteiger partial charge in [0.05, 0.1) is 6.54 Å². The Bertz CT molecular complexity index is 540.